The predicted molar refractivity (Wildman–Crippen MR) is 143 cm³/mol. The molecule has 1 fully saturated rings. The average Bonchev–Trinajstić information content (AvgIpc) is 2.81. The van der Waals surface area contributed by atoms with Crippen LogP contribution in [0.1, 0.15) is 71.8 Å². The second-order valence-electron chi connectivity index (χ2n) is 11.5. The third kappa shape index (κ3) is 7.83. The van der Waals surface area contributed by atoms with Gasteiger partial charge in [-0.2, -0.15) is 13.2 Å². The summed E-state index contributed by atoms with van der Waals surface area (Å²) in [5.41, 5.74) is 0.0587. The van der Waals surface area contributed by atoms with Gasteiger partial charge >= 0.3 is 6.18 Å². The van der Waals surface area contributed by atoms with Crippen molar-refractivity contribution >= 4 is 15.6 Å². The molecule has 1 aromatic carbocycles. The minimum atomic E-state index is -4.45. The Kier molecular flexibility index (Phi) is 9.74. The van der Waals surface area contributed by atoms with E-state index in [-0.39, 0.29) is 46.2 Å². The van der Waals surface area contributed by atoms with Gasteiger partial charge in [-0.25, -0.2) is 17.2 Å². The number of halogens is 5. The number of sulfone groups is 1. The number of ether oxygens (including phenoxy) is 1. The van der Waals surface area contributed by atoms with Crippen LogP contribution in [-0.2, 0) is 25.3 Å². The lowest BCUT2D eigenvalue weighted by Gasteiger charge is -2.45. The summed E-state index contributed by atoms with van der Waals surface area (Å²) in [6.45, 7) is 4.38. The van der Waals surface area contributed by atoms with Gasteiger partial charge in [0.1, 0.15) is 0 Å². The second-order valence-corrected chi connectivity index (χ2v) is 14.0. The van der Waals surface area contributed by atoms with E-state index in [2.05, 4.69) is 0 Å². The molecule has 0 N–H and O–H groups in total. The minimum Gasteiger partial charge on any atom is -0.488 e. The molecule has 2 aliphatic rings. The highest BCUT2D eigenvalue weighted by Gasteiger charge is 2.48. The molecule has 1 aromatic rings. The molecule has 3 rings (SSSR count). The highest BCUT2D eigenvalue weighted by Crippen LogP contribution is 2.48. The maximum Gasteiger partial charge on any atom is 0.422 e. The first-order valence-electron chi connectivity index (χ1n) is 13.5. The van der Waals surface area contributed by atoms with Crippen molar-refractivity contribution in [2.75, 3.05) is 6.61 Å². The molecule has 0 spiro atoms. The van der Waals surface area contributed by atoms with Crippen molar-refractivity contribution in [2.24, 2.45) is 17.8 Å². The van der Waals surface area contributed by atoms with Gasteiger partial charge in [0.2, 0.25) is 0 Å². The first-order chi connectivity index (χ1) is 18.4. The van der Waals surface area contributed by atoms with Crippen LogP contribution in [0.2, 0.25) is 0 Å². The highest BCUT2D eigenvalue weighted by atomic mass is 32.2. The summed E-state index contributed by atoms with van der Waals surface area (Å²) in [6.07, 6.45) is 5.29. The van der Waals surface area contributed by atoms with Gasteiger partial charge in [-0.05, 0) is 82.1 Å². The van der Waals surface area contributed by atoms with E-state index in [0.717, 1.165) is 19.4 Å². The SMILES string of the molecule is CC1CC=CC(C(=O)CCCC2CC(C(C)(C)S(=O)(=O)c3cccc(C(C)(F)F)c3)C2)=CC=C1OCC(F)(F)F. The fourth-order valence-electron chi connectivity index (χ4n) is 5.14. The van der Waals surface area contributed by atoms with Crippen molar-refractivity contribution in [1.29, 1.82) is 0 Å². The van der Waals surface area contributed by atoms with Crippen molar-refractivity contribution in [3.8, 4) is 0 Å². The Balaban J connectivity index is 1.54. The van der Waals surface area contributed by atoms with Crippen LogP contribution in [0.5, 0.6) is 0 Å². The first kappa shape index (κ1) is 32.0. The molecule has 0 radical (unpaired) electrons. The molecule has 2 aliphatic carbocycles. The van der Waals surface area contributed by atoms with Crippen molar-refractivity contribution in [2.45, 2.75) is 88.0 Å². The number of carbonyl (C=O) groups excluding carboxylic acids is 1. The number of ketones is 1. The molecule has 0 saturated heterocycles. The van der Waals surface area contributed by atoms with Crippen molar-refractivity contribution in [3.05, 3.63) is 65.5 Å². The Bertz CT molecular complexity index is 1260. The number of allylic oxidation sites excluding steroid dienone is 6. The molecule has 0 bridgehead atoms. The minimum absolute atomic E-state index is 0.110. The van der Waals surface area contributed by atoms with E-state index in [1.807, 2.05) is 0 Å². The number of rotatable bonds is 11. The standard InChI is InChI=1S/C30H37F5O4S/c1-20-8-5-10-22(14-15-27(20)39-19-30(33,34)35)26(36)13-6-9-21-16-24(17-21)28(2,3)40(37,38)25-12-7-11-23(18-25)29(4,31)32/h5,7,10-12,14-15,18,20-21,24H,6,8-9,13,16-17,19H2,1-4H3. The van der Waals surface area contributed by atoms with Gasteiger partial charge in [-0.3, -0.25) is 4.79 Å². The summed E-state index contributed by atoms with van der Waals surface area (Å²) in [5, 5.41) is 0. The zero-order valence-corrected chi connectivity index (χ0v) is 24.0. The molecule has 40 heavy (non-hydrogen) atoms. The Morgan fingerprint density at radius 2 is 1.73 bits per heavy atom. The van der Waals surface area contributed by atoms with E-state index >= 15 is 0 Å². The molecule has 10 heteroatoms. The number of Topliss-reactive ketones (excluding diaryl/α,β-unsaturated/α-hetero) is 1. The first-order valence-corrected chi connectivity index (χ1v) is 14.9. The summed E-state index contributed by atoms with van der Waals surface area (Å²) in [6, 6.07) is 4.96. The highest BCUT2D eigenvalue weighted by molar-refractivity contribution is 7.92. The smallest absolute Gasteiger partial charge is 0.422 e. The number of carbonyl (C=O) groups is 1. The number of alkyl halides is 5. The molecule has 222 valence electrons. The zero-order chi connectivity index (χ0) is 29.9. The molecule has 1 saturated carbocycles. The van der Waals surface area contributed by atoms with Gasteiger partial charge in [0.05, 0.1) is 15.4 Å². The molecule has 0 heterocycles. The molecule has 1 atom stereocenters. The maximum absolute atomic E-state index is 13.8. The van der Waals surface area contributed by atoms with E-state index in [1.165, 1.54) is 30.4 Å². The molecular weight excluding hydrogens is 551 g/mol. The largest absolute Gasteiger partial charge is 0.488 e. The maximum atomic E-state index is 13.8. The van der Waals surface area contributed by atoms with Crippen LogP contribution in [0.15, 0.2) is 64.8 Å². The Morgan fingerprint density at radius 3 is 2.35 bits per heavy atom. The number of benzene rings is 1. The molecule has 0 amide bonds. The van der Waals surface area contributed by atoms with Gasteiger partial charge in [0, 0.05) is 30.4 Å². The van der Waals surface area contributed by atoms with Crippen LogP contribution < -0.4 is 0 Å². The van der Waals surface area contributed by atoms with Gasteiger partial charge < -0.3 is 4.74 Å². The third-order valence-electron chi connectivity index (χ3n) is 8.00. The molecular formula is C30H37F5O4S. The van der Waals surface area contributed by atoms with Gasteiger partial charge in [0.15, 0.2) is 22.2 Å². The lowest BCUT2D eigenvalue weighted by atomic mass is 9.67. The molecule has 1 unspecified atom stereocenters. The predicted octanol–water partition coefficient (Wildman–Crippen LogP) is 8.10. The van der Waals surface area contributed by atoms with Gasteiger partial charge in [0.25, 0.3) is 5.92 Å². The van der Waals surface area contributed by atoms with Crippen LogP contribution in [0.3, 0.4) is 0 Å². The molecule has 0 aromatic heterocycles. The third-order valence-corrected chi connectivity index (χ3v) is 10.6. The van der Waals surface area contributed by atoms with Crippen molar-refractivity contribution in [1.82, 2.24) is 0 Å². The van der Waals surface area contributed by atoms with Crippen LogP contribution >= 0.6 is 0 Å². The number of hydrogen-bond acceptors (Lipinski definition) is 4. The van der Waals surface area contributed by atoms with Crippen LogP contribution in [0.25, 0.3) is 0 Å². The summed E-state index contributed by atoms with van der Waals surface area (Å²) in [7, 11) is -3.86. The molecule has 4 nitrogen and oxygen atoms in total. The van der Waals surface area contributed by atoms with Gasteiger partial charge in [-0.1, -0.05) is 31.2 Å². The van der Waals surface area contributed by atoms with E-state index in [9.17, 15) is 35.2 Å². The Labute approximate surface area is 233 Å². The lowest BCUT2D eigenvalue weighted by Crippen LogP contribution is -2.46. The van der Waals surface area contributed by atoms with E-state index < -0.39 is 33.3 Å². The van der Waals surface area contributed by atoms with Gasteiger partial charge in [-0.15, -0.1) is 0 Å². The summed E-state index contributed by atoms with van der Waals surface area (Å²) in [4.78, 5) is 12.7. The fourth-order valence-corrected chi connectivity index (χ4v) is 6.92. The average molecular weight is 589 g/mol. The quantitative estimate of drug-likeness (QED) is 0.245. The van der Waals surface area contributed by atoms with E-state index in [0.29, 0.717) is 31.3 Å². The topological polar surface area (TPSA) is 60.4 Å². The summed E-state index contributed by atoms with van der Waals surface area (Å²) in [5.74, 6) is -3.22. The second kappa shape index (κ2) is 12.2. The summed E-state index contributed by atoms with van der Waals surface area (Å²) >= 11 is 0. The fraction of sp³-hybridized carbons (Fsp3) is 0.567. The zero-order valence-electron chi connectivity index (χ0n) is 23.2. The Morgan fingerprint density at radius 1 is 1.05 bits per heavy atom. The van der Waals surface area contributed by atoms with Crippen LogP contribution in [0, 0.1) is 17.8 Å². The summed E-state index contributed by atoms with van der Waals surface area (Å²) < 4.78 is 95.7. The van der Waals surface area contributed by atoms with Crippen molar-refractivity contribution in [3.63, 3.8) is 0 Å². The lowest BCUT2D eigenvalue weighted by molar-refractivity contribution is -0.166. The normalized spacial score (nSPS) is 22.5. The molecule has 0 aliphatic heterocycles. The van der Waals surface area contributed by atoms with Crippen LogP contribution in [-0.4, -0.2) is 31.7 Å². The van der Waals surface area contributed by atoms with Crippen LogP contribution in [0.4, 0.5) is 22.0 Å². The number of hydrogen-bond donors (Lipinski definition) is 0. The van der Waals surface area contributed by atoms with Crippen molar-refractivity contribution < 1.29 is 39.9 Å². The van der Waals surface area contributed by atoms with E-state index in [4.69, 9.17) is 4.74 Å². The Hall–Kier alpha value is -2.49. The monoisotopic (exact) mass is 588 g/mol. The van der Waals surface area contributed by atoms with E-state index in [1.54, 1.807) is 32.9 Å².